The second kappa shape index (κ2) is 6.87. The number of carbonyl (C=O) groups is 1. The molecule has 0 aromatic rings. The summed E-state index contributed by atoms with van der Waals surface area (Å²) in [6.45, 7) is 8.27. The normalized spacial score (nSPS) is 26.2. The Bertz CT molecular complexity index is 327. The summed E-state index contributed by atoms with van der Waals surface area (Å²) in [6, 6.07) is 0. The lowest BCUT2D eigenvalue weighted by Gasteiger charge is -2.37. The number of amides is 1. The molecule has 0 bridgehead atoms. The molecule has 2 heterocycles. The maximum Gasteiger partial charge on any atom is 0.230 e. The Balaban J connectivity index is 1.89. The van der Waals surface area contributed by atoms with Crippen molar-refractivity contribution in [1.29, 1.82) is 0 Å². The molecule has 2 N–H and O–H groups in total. The van der Waals surface area contributed by atoms with Crippen LogP contribution in [-0.4, -0.2) is 56.4 Å². The highest BCUT2D eigenvalue weighted by Gasteiger charge is 2.43. The smallest absolute Gasteiger partial charge is 0.230 e. The van der Waals surface area contributed by atoms with Gasteiger partial charge in [0.25, 0.3) is 0 Å². The third-order valence-corrected chi connectivity index (χ3v) is 4.39. The lowest BCUT2D eigenvalue weighted by Crippen LogP contribution is -2.50. The summed E-state index contributed by atoms with van der Waals surface area (Å²) in [7, 11) is 0. The van der Waals surface area contributed by atoms with Crippen LogP contribution in [0.2, 0.25) is 0 Å². The fourth-order valence-electron chi connectivity index (χ4n) is 2.98. The van der Waals surface area contributed by atoms with Crippen LogP contribution >= 0.6 is 0 Å². The van der Waals surface area contributed by atoms with E-state index in [1.807, 2.05) is 4.90 Å². The average molecular weight is 284 g/mol. The van der Waals surface area contributed by atoms with Gasteiger partial charge in [-0.15, -0.1) is 0 Å². The molecule has 20 heavy (non-hydrogen) atoms. The first-order valence-electron chi connectivity index (χ1n) is 7.76. The fourth-order valence-corrected chi connectivity index (χ4v) is 2.98. The molecule has 1 unspecified atom stereocenters. The van der Waals surface area contributed by atoms with Crippen LogP contribution in [0.1, 0.15) is 33.1 Å². The van der Waals surface area contributed by atoms with Gasteiger partial charge in [0.05, 0.1) is 11.5 Å². The molecule has 2 rings (SSSR count). The molecule has 0 aromatic heterocycles. The topological polar surface area (TPSA) is 64.8 Å². The van der Waals surface area contributed by atoms with Gasteiger partial charge in [-0.25, -0.2) is 0 Å². The van der Waals surface area contributed by atoms with Crippen LogP contribution in [0.4, 0.5) is 0 Å². The molecule has 5 heteroatoms. The second-order valence-corrected chi connectivity index (χ2v) is 6.49. The van der Waals surface area contributed by atoms with Crippen LogP contribution in [-0.2, 0) is 14.3 Å². The Morgan fingerprint density at radius 2 is 2.15 bits per heavy atom. The van der Waals surface area contributed by atoms with Gasteiger partial charge in [0, 0.05) is 39.5 Å². The molecule has 1 amide bonds. The number of likely N-dealkylation sites (tertiary alicyclic amines) is 1. The third-order valence-electron chi connectivity index (χ3n) is 4.39. The Morgan fingerprint density at radius 3 is 2.75 bits per heavy atom. The average Bonchev–Trinajstić information content (AvgIpc) is 2.94. The van der Waals surface area contributed by atoms with Gasteiger partial charge in [-0.2, -0.15) is 0 Å². The largest absolute Gasteiger partial charge is 0.381 e. The first-order valence-corrected chi connectivity index (χ1v) is 7.76. The summed E-state index contributed by atoms with van der Waals surface area (Å²) in [4.78, 5) is 14.7. The summed E-state index contributed by atoms with van der Waals surface area (Å²) in [6.07, 6.45) is 2.62. The van der Waals surface area contributed by atoms with Gasteiger partial charge in [0.15, 0.2) is 0 Å². The molecule has 2 aliphatic rings. The highest BCUT2D eigenvalue weighted by molar-refractivity contribution is 5.83. The number of nitrogens with zero attached hydrogens (tertiary/aromatic N) is 1. The van der Waals surface area contributed by atoms with E-state index in [1.54, 1.807) is 0 Å². The number of hydrogen-bond acceptors (Lipinski definition) is 4. The van der Waals surface area contributed by atoms with E-state index in [9.17, 15) is 4.79 Å². The molecule has 5 nitrogen and oxygen atoms in total. The van der Waals surface area contributed by atoms with E-state index in [0.717, 1.165) is 32.4 Å². The standard InChI is InChI=1S/C15H28N2O3/c1-12(2)10-20-13-3-6-17(9-13)14(18)15(11-16)4-7-19-8-5-15/h12-13H,3-11,16H2,1-2H3. The Kier molecular flexibility index (Phi) is 5.41. The highest BCUT2D eigenvalue weighted by atomic mass is 16.5. The van der Waals surface area contributed by atoms with E-state index < -0.39 is 5.41 Å². The van der Waals surface area contributed by atoms with Gasteiger partial charge in [-0.3, -0.25) is 4.79 Å². The summed E-state index contributed by atoms with van der Waals surface area (Å²) in [5, 5.41) is 0. The minimum absolute atomic E-state index is 0.191. The van der Waals surface area contributed by atoms with Crippen molar-refractivity contribution in [3.05, 3.63) is 0 Å². The van der Waals surface area contributed by atoms with Crippen molar-refractivity contribution in [3.63, 3.8) is 0 Å². The maximum atomic E-state index is 12.8. The second-order valence-electron chi connectivity index (χ2n) is 6.49. The quantitative estimate of drug-likeness (QED) is 0.818. The Morgan fingerprint density at radius 1 is 1.45 bits per heavy atom. The van der Waals surface area contributed by atoms with Crippen LogP contribution in [0.3, 0.4) is 0 Å². The molecule has 2 saturated heterocycles. The van der Waals surface area contributed by atoms with Gasteiger partial charge in [0.2, 0.25) is 5.91 Å². The maximum absolute atomic E-state index is 12.8. The van der Waals surface area contributed by atoms with Crippen molar-refractivity contribution in [2.75, 3.05) is 39.5 Å². The Labute approximate surface area is 121 Å². The van der Waals surface area contributed by atoms with Gasteiger partial charge >= 0.3 is 0 Å². The molecular weight excluding hydrogens is 256 g/mol. The molecule has 116 valence electrons. The first kappa shape index (κ1) is 15.7. The molecular formula is C15H28N2O3. The van der Waals surface area contributed by atoms with E-state index in [2.05, 4.69) is 13.8 Å². The molecule has 1 atom stereocenters. The molecule has 2 aliphatic heterocycles. The summed E-state index contributed by atoms with van der Waals surface area (Å²) in [5.41, 5.74) is 5.51. The van der Waals surface area contributed by atoms with Crippen LogP contribution in [0.5, 0.6) is 0 Å². The van der Waals surface area contributed by atoms with E-state index in [-0.39, 0.29) is 12.0 Å². The van der Waals surface area contributed by atoms with E-state index >= 15 is 0 Å². The number of rotatable bonds is 5. The van der Waals surface area contributed by atoms with E-state index in [0.29, 0.717) is 32.2 Å². The van der Waals surface area contributed by atoms with Crippen molar-refractivity contribution in [3.8, 4) is 0 Å². The first-order chi connectivity index (χ1) is 9.57. The minimum atomic E-state index is -0.398. The number of hydrogen-bond donors (Lipinski definition) is 1. The summed E-state index contributed by atoms with van der Waals surface area (Å²) in [5.74, 6) is 0.740. The summed E-state index contributed by atoms with van der Waals surface area (Å²) < 4.78 is 11.2. The molecule has 0 radical (unpaired) electrons. The van der Waals surface area contributed by atoms with Crippen LogP contribution in [0.25, 0.3) is 0 Å². The zero-order valence-electron chi connectivity index (χ0n) is 12.8. The van der Waals surface area contributed by atoms with Crippen LogP contribution < -0.4 is 5.73 Å². The van der Waals surface area contributed by atoms with Crippen molar-refractivity contribution in [2.24, 2.45) is 17.1 Å². The molecule has 0 spiro atoms. The van der Waals surface area contributed by atoms with Crippen molar-refractivity contribution < 1.29 is 14.3 Å². The predicted octanol–water partition coefficient (Wildman–Crippen LogP) is 1.02. The number of carbonyl (C=O) groups excluding carboxylic acids is 1. The lowest BCUT2D eigenvalue weighted by molar-refractivity contribution is -0.146. The summed E-state index contributed by atoms with van der Waals surface area (Å²) >= 11 is 0. The molecule has 0 aliphatic carbocycles. The number of nitrogens with two attached hydrogens (primary N) is 1. The van der Waals surface area contributed by atoms with Gasteiger partial charge in [-0.05, 0) is 25.2 Å². The molecule has 2 fully saturated rings. The van der Waals surface area contributed by atoms with Crippen molar-refractivity contribution in [2.45, 2.75) is 39.2 Å². The zero-order chi connectivity index (χ0) is 14.6. The Hall–Kier alpha value is -0.650. The highest BCUT2D eigenvalue weighted by Crippen LogP contribution is 2.33. The fraction of sp³-hybridized carbons (Fsp3) is 0.933. The van der Waals surface area contributed by atoms with Gasteiger partial charge in [-0.1, -0.05) is 13.8 Å². The SMILES string of the molecule is CC(C)COC1CCN(C(=O)C2(CN)CCOCC2)C1. The third kappa shape index (κ3) is 3.51. The number of ether oxygens (including phenoxy) is 2. The van der Waals surface area contributed by atoms with E-state index in [1.165, 1.54) is 0 Å². The van der Waals surface area contributed by atoms with Gasteiger partial charge < -0.3 is 20.1 Å². The minimum Gasteiger partial charge on any atom is -0.381 e. The van der Waals surface area contributed by atoms with Crippen molar-refractivity contribution in [1.82, 2.24) is 4.90 Å². The van der Waals surface area contributed by atoms with Crippen LogP contribution in [0.15, 0.2) is 0 Å². The van der Waals surface area contributed by atoms with Crippen molar-refractivity contribution >= 4 is 5.91 Å². The lowest BCUT2D eigenvalue weighted by atomic mass is 9.79. The molecule has 0 aromatic carbocycles. The van der Waals surface area contributed by atoms with E-state index in [4.69, 9.17) is 15.2 Å². The predicted molar refractivity (Wildman–Crippen MR) is 77.3 cm³/mol. The van der Waals surface area contributed by atoms with Gasteiger partial charge in [0.1, 0.15) is 0 Å². The van der Waals surface area contributed by atoms with Crippen LogP contribution in [0, 0.1) is 11.3 Å². The zero-order valence-corrected chi connectivity index (χ0v) is 12.8. The molecule has 0 saturated carbocycles. The monoisotopic (exact) mass is 284 g/mol.